The van der Waals surface area contributed by atoms with Gasteiger partial charge in [-0.3, -0.25) is 4.79 Å². The largest absolute Gasteiger partial charge is 0.446 e. The summed E-state index contributed by atoms with van der Waals surface area (Å²) in [5, 5.41) is 0.501. The second kappa shape index (κ2) is 8.11. The summed E-state index contributed by atoms with van der Waals surface area (Å²) in [6.45, 7) is 1.66. The summed E-state index contributed by atoms with van der Waals surface area (Å²) in [5.74, 6) is 5.11. The van der Waals surface area contributed by atoms with Gasteiger partial charge in [0.15, 0.2) is 17.5 Å². The molecule has 1 atom stereocenters. The van der Waals surface area contributed by atoms with Gasteiger partial charge in [0, 0.05) is 6.20 Å². The van der Waals surface area contributed by atoms with Crippen LogP contribution in [0.15, 0.2) is 41.7 Å². The number of hydrogen-bond donors (Lipinski definition) is 0. The standard InChI is InChI=1S/C17H14N2O3S/c1-12(22-16(21)13-6-4-3-5-7-13)8-9-14-10-18-17(23-2)19-15(14)11-20/h3-7,10-12H,1-2H3. The van der Waals surface area contributed by atoms with Gasteiger partial charge in [-0.25, -0.2) is 14.8 Å². The molecule has 23 heavy (non-hydrogen) atoms. The Morgan fingerprint density at radius 3 is 2.74 bits per heavy atom. The summed E-state index contributed by atoms with van der Waals surface area (Å²) in [6.07, 6.45) is 3.32. The van der Waals surface area contributed by atoms with Crippen LogP contribution < -0.4 is 0 Å². The van der Waals surface area contributed by atoms with Crippen molar-refractivity contribution in [2.24, 2.45) is 0 Å². The lowest BCUT2D eigenvalue weighted by molar-refractivity contribution is 0.0438. The van der Waals surface area contributed by atoms with E-state index in [9.17, 15) is 9.59 Å². The molecule has 0 saturated carbocycles. The quantitative estimate of drug-likeness (QED) is 0.283. The minimum atomic E-state index is -0.623. The molecule has 0 radical (unpaired) electrons. The molecule has 0 N–H and O–H groups in total. The van der Waals surface area contributed by atoms with Crippen molar-refractivity contribution < 1.29 is 14.3 Å². The number of aldehydes is 1. The fourth-order valence-corrected chi connectivity index (χ4v) is 2.02. The number of rotatable bonds is 4. The van der Waals surface area contributed by atoms with E-state index in [1.807, 2.05) is 12.3 Å². The van der Waals surface area contributed by atoms with Gasteiger partial charge in [0.05, 0.1) is 11.1 Å². The number of thioether (sulfide) groups is 1. The second-order valence-electron chi connectivity index (χ2n) is 4.46. The molecule has 5 nitrogen and oxygen atoms in total. The molecule has 1 aromatic heterocycles. The van der Waals surface area contributed by atoms with Gasteiger partial charge in [-0.1, -0.05) is 41.8 Å². The number of hydrogen-bond acceptors (Lipinski definition) is 6. The molecule has 2 rings (SSSR count). The summed E-state index contributed by atoms with van der Waals surface area (Å²) in [4.78, 5) is 31.1. The van der Waals surface area contributed by atoms with E-state index in [-0.39, 0.29) is 5.69 Å². The fraction of sp³-hybridized carbons (Fsp3) is 0.176. The molecular weight excluding hydrogens is 312 g/mol. The molecule has 0 aliphatic rings. The third-order valence-corrected chi connectivity index (χ3v) is 3.36. The third kappa shape index (κ3) is 4.66. The highest BCUT2D eigenvalue weighted by molar-refractivity contribution is 7.98. The first-order valence-electron chi connectivity index (χ1n) is 6.78. The molecule has 1 aromatic carbocycles. The SMILES string of the molecule is CSc1ncc(C#CC(C)OC(=O)c2ccccc2)c(C=O)n1. The van der Waals surface area contributed by atoms with Gasteiger partial charge in [0.2, 0.25) is 0 Å². The van der Waals surface area contributed by atoms with Crippen molar-refractivity contribution in [3.8, 4) is 11.8 Å². The predicted molar refractivity (Wildman–Crippen MR) is 87.4 cm³/mol. The molecule has 0 amide bonds. The van der Waals surface area contributed by atoms with Crippen LogP contribution in [0.2, 0.25) is 0 Å². The highest BCUT2D eigenvalue weighted by atomic mass is 32.2. The van der Waals surface area contributed by atoms with E-state index in [1.54, 1.807) is 31.2 Å². The lowest BCUT2D eigenvalue weighted by Gasteiger charge is -2.07. The van der Waals surface area contributed by atoms with Gasteiger partial charge in [-0.2, -0.15) is 0 Å². The maximum absolute atomic E-state index is 11.9. The Morgan fingerprint density at radius 1 is 1.35 bits per heavy atom. The maximum Gasteiger partial charge on any atom is 0.339 e. The number of aromatic nitrogens is 2. The van der Waals surface area contributed by atoms with E-state index in [0.29, 0.717) is 22.6 Å². The summed E-state index contributed by atoms with van der Waals surface area (Å²) < 4.78 is 5.23. The van der Waals surface area contributed by atoms with Crippen molar-refractivity contribution >= 4 is 24.0 Å². The molecular formula is C17H14N2O3S. The van der Waals surface area contributed by atoms with Gasteiger partial charge in [0.25, 0.3) is 0 Å². The molecule has 0 aliphatic heterocycles. The monoisotopic (exact) mass is 326 g/mol. The van der Waals surface area contributed by atoms with Crippen LogP contribution in [0.4, 0.5) is 0 Å². The van der Waals surface area contributed by atoms with Crippen LogP contribution >= 0.6 is 11.8 Å². The molecule has 1 heterocycles. The maximum atomic E-state index is 11.9. The van der Waals surface area contributed by atoms with E-state index in [0.717, 1.165) is 0 Å². The average Bonchev–Trinajstić information content (AvgIpc) is 2.60. The number of nitrogens with zero attached hydrogens (tertiary/aromatic N) is 2. The molecule has 1 unspecified atom stereocenters. The van der Waals surface area contributed by atoms with Crippen molar-refractivity contribution in [2.45, 2.75) is 18.2 Å². The summed E-state index contributed by atoms with van der Waals surface area (Å²) in [7, 11) is 0. The molecule has 116 valence electrons. The topological polar surface area (TPSA) is 69.2 Å². The van der Waals surface area contributed by atoms with Crippen LogP contribution in [0.1, 0.15) is 33.3 Å². The van der Waals surface area contributed by atoms with Gasteiger partial charge >= 0.3 is 5.97 Å². The minimum Gasteiger partial charge on any atom is -0.446 e. The average molecular weight is 326 g/mol. The van der Waals surface area contributed by atoms with Crippen molar-refractivity contribution in [2.75, 3.05) is 6.26 Å². The second-order valence-corrected chi connectivity index (χ2v) is 5.23. The normalized spacial score (nSPS) is 11.0. The number of benzene rings is 1. The highest BCUT2D eigenvalue weighted by Crippen LogP contribution is 2.10. The van der Waals surface area contributed by atoms with Crippen molar-refractivity contribution in [1.82, 2.24) is 9.97 Å². The zero-order valence-electron chi connectivity index (χ0n) is 12.6. The molecule has 0 bridgehead atoms. The van der Waals surface area contributed by atoms with Crippen LogP contribution in [-0.2, 0) is 4.74 Å². The van der Waals surface area contributed by atoms with Crippen molar-refractivity contribution in [3.63, 3.8) is 0 Å². The third-order valence-electron chi connectivity index (χ3n) is 2.79. The Labute approximate surface area is 138 Å². The Morgan fingerprint density at radius 2 is 2.09 bits per heavy atom. The summed E-state index contributed by atoms with van der Waals surface area (Å²) >= 11 is 1.34. The van der Waals surface area contributed by atoms with Crippen molar-refractivity contribution in [1.29, 1.82) is 0 Å². The van der Waals surface area contributed by atoms with E-state index < -0.39 is 12.1 Å². The highest BCUT2D eigenvalue weighted by Gasteiger charge is 2.10. The van der Waals surface area contributed by atoms with Gasteiger partial charge in [-0.05, 0) is 25.3 Å². The number of carbonyl (C=O) groups excluding carboxylic acids is 2. The van der Waals surface area contributed by atoms with Crippen LogP contribution in [0, 0.1) is 11.8 Å². The van der Waals surface area contributed by atoms with Crippen LogP contribution in [0.25, 0.3) is 0 Å². The molecule has 0 saturated heterocycles. The van der Waals surface area contributed by atoms with E-state index >= 15 is 0 Å². The Balaban J connectivity index is 2.09. The number of esters is 1. The zero-order valence-corrected chi connectivity index (χ0v) is 13.5. The smallest absolute Gasteiger partial charge is 0.339 e. The van der Waals surface area contributed by atoms with Gasteiger partial charge in [0.1, 0.15) is 5.69 Å². The van der Waals surface area contributed by atoms with Crippen LogP contribution in [0.5, 0.6) is 0 Å². The number of carbonyl (C=O) groups is 2. The zero-order chi connectivity index (χ0) is 16.7. The van der Waals surface area contributed by atoms with E-state index in [2.05, 4.69) is 21.8 Å². The van der Waals surface area contributed by atoms with Crippen LogP contribution in [-0.4, -0.2) is 34.6 Å². The first-order chi connectivity index (χ1) is 11.1. The summed E-state index contributed by atoms with van der Waals surface area (Å²) in [6, 6.07) is 8.67. The molecule has 0 fully saturated rings. The van der Waals surface area contributed by atoms with Crippen LogP contribution in [0.3, 0.4) is 0 Å². The van der Waals surface area contributed by atoms with Crippen molar-refractivity contribution in [3.05, 3.63) is 53.3 Å². The molecule has 6 heteroatoms. The fourth-order valence-electron chi connectivity index (χ4n) is 1.67. The Hall–Kier alpha value is -2.65. The first-order valence-corrected chi connectivity index (χ1v) is 8.00. The molecule has 0 aliphatic carbocycles. The minimum absolute atomic E-state index is 0.221. The lowest BCUT2D eigenvalue weighted by atomic mass is 10.2. The molecule has 2 aromatic rings. The summed E-state index contributed by atoms with van der Waals surface area (Å²) in [5.41, 5.74) is 1.08. The first kappa shape index (κ1) is 16.7. The number of ether oxygens (including phenoxy) is 1. The van der Waals surface area contributed by atoms with E-state index in [4.69, 9.17) is 4.74 Å². The lowest BCUT2D eigenvalue weighted by Crippen LogP contribution is -2.13. The van der Waals surface area contributed by atoms with Gasteiger partial charge < -0.3 is 4.74 Å². The Bertz CT molecular complexity index is 766. The Kier molecular flexibility index (Phi) is 5.89. The predicted octanol–water partition coefficient (Wildman–Crippen LogP) is 2.61. The van der Waals surface area contributed by atoms with Gasteiger partial charge in [-0.15, -0.1) is 0 Å². The van der Waals surface area contributed by atoms with E-state index in [1.165, 1.54) is 18.0 Å². The molecule has 0 spiro atoms.